The fourth-order valence-corrected chi connectivity index (χ4v) is 1.80. The smallest absolute Gasteiger partial charge is 0.338 e. The first-order chi connectivity index (χ1) is 9.55. The van der Waals surface area contributed by atoms with Crippen LogP contribution in [0.2, 0.25) is 0 Å². The number of non-ortho nitro benzene ring substituents is 1. The lowest BCUT2D eigenvalue weighted by atomic mass is 10.0. The maximum Gasteiger partial charge on any atom is 0.338 e. The summed E-state index contributed by atoms with van der Waals surface area (Å²) in [5.41, 5.74) is 1.24. The number of methoxy groups -OCH3 is 1. The number of esters is 1. The molecule has 0 saturated heterocycles. The lowest BCUT2D eigenvalue weighted by molar-refractivity contribution is -0.384. The van der Waals surface area contributed by atoms with Crippen molar-refractivity contribution in [2.45, 2.75) is 13.5 Å². The van der Waals surface area contributed by atoms with Crippen LogP contribution in [-0.4, -0.2) is 27.8 Å². The molecule has 104 valence electrons. The van der Waals surface area contributed by atoms with Crippen LogP contribution < -0.4 is 0 Å². The predicted octanol–water partition coefficient (Wildman–Crippen LogP) is 2.26. The van der Waals surface area contributed by atoms with Crippen LogP contribution in [-0.2, 0) is 11.3 Å². The second kappa shape index (κ2) is 5.52. The van der Waals surface area contributed by atoms with E-state index in [0.717, 1.165) is 0 Å². The first kappa shape index (κ1) is 13.7. The fraction of sp³-hybridized carbons (Fsp3) is 0.231. The number of ether oxygens (including phenoxy) is 1. The Bertz CT molecular complexity index is 663. The van der Waals surface area contributed by atoms with E-state index in [1.807, 2.05) is 6.92 Å². The van der Waals surface area contributed by atoms with Crippen LogP contribution in [0.15, 0.2) is 30.6 Å². The van der Waals surface area contributed by atoms with Crippen molar-refractivity contribution in [2.24, 2.45) is 0 Å². The minimum atomic E-state index is -0.613. The molecule has 2 rings (SSSR count). The molecular formula is C13H13N3O4. The van der Waals surface area contributed by atoms with Gasteiger partial charge in [-0.1, -0.05) is 0 Å². The Balaban J connectivity index is 2.54. The topological polar surface area (TPSA) is 87.3 Å². The zero-order valence-electron chi connectivity index (χ0n) is 11.1. The van der Waals surface area contributed by atoms with Gasteiger partial charge in [-0.3, -0.25) is 14.8 Å². The molecule has 1 heterocycles. The second-order valence-corrected chi connectivity index (χ2v) is 4.10. The first-order valence-corrected chi connectivity index (χ1v) is 5.95. The Hall–Kier alpha value is -2.70. The molecule has 0 atom stereocenters. The molecule has 0 amide bonds. The predicted molar refractivity (Wildman–Crippen MR) is 71.3 cm³/mol. The standard InChI is InChI=1S/C13H13N3O4/c1-3-15-8-11(7-14-15)9-4-10(13(17)20-2)6-12(5-9)16(18)19/h4-8H,3H2,1-2H3. The molecule has 0 aliphatic rings. The number of aryl methyl sites for hydroxylation is 1. The number of nitro benzene ring substituents is 1. The van der Waals surface area contributed by atoms with Gasteiger partial charge < -0.3 is 4.74 Å². The van der Waals surface area contributed by atoms with Crippen molar-refractivity contribution in [2.75, 3.05) is 7.11 Å². The first-order valence-electron chi connectivity index (χ1n) is 5.95. The number of nitrogens with zero attached hydrogens (tertiary/aromatic N) is 3. The summed E-state index contributed by atoms with van der Waals surface area (Å²) in [5.74, 6) is -0.613. The van der Waals surface area contributed by atoms with Gasteiger partial charge in [0, 0.05) is 30.4 Å². The number of nitro groups is 1. The molecule has 0 unspecified atom stereocenters. The van der Waals surface area contributed by atoms with Gasteiger partial charge in [0.15, 0.2) is 0 Å². The summed E-state index contributed by atoms with van der Waals surface area (Å²) in [6.07, 6.45) is 3.36. The van der Waals surface area contributed by atoms with Crippen molar-refractivity contribution in [1.82, 2.24) is 9.78 Å². The Morgan fingerprint density at radius 1 is 1.40 bits per heavy atom. The van der Waals surface area contributed by atoms with Crippen molar-refractivity contribution in [3.63, 3.8) is 0 Å². The number of hydrogen-bond donors (Lipinski definition) is 0. The van der Waals surface area contributed by atoms with E-state index >= 15 is 0 Å². The van der Waals surface area contributed by atoms with Gasteiger partial charge in [0.05, 0.1) is 23.8 Å². The highest BCUT2D eigenvalue weighted by atomic mass is 16.6. The normalized spacial score (nSPS) is 10.3. The zero-order chi connectivity index (χ0) is 14.7. The lowest BCUT2D eigenvalue weighted by Crippen LogP contribution is -2.02. The summed E-state index contributed by atoms with van der Waals surface area (Å²) in [6.45, 7) is 2.63. The highest BCUT2D eigenvalue weighted by Gasteiger charge is 2.16. The molecule has 0 spiro atoms. The number of hydrogen-bond acceptors (Lipinski definition) is 5. The van der Waals surface area contributed by atoms with Crippen LogP contribution in [0.1, 0.15) is 17.3 Å². The van der Waals surface area contributed by atoms with Gasteiger partial charge in [0.1, 0.15) is 0 Å². The Morgan fingerprint density at radius 2 is 2.15 bits per heavy atom. The SMILES string of the molecule is CCn1cc(-c2cc(C(=O)OC)cc([N+](=O)[O-])c2)cn1. The molecule has 0 bridgehead atoms. The largest absolute Gasteiger partial charge is 0.465 e. The lowest BCUT2D eigenvalue weighted by Gasteiger charge is -2.03. The van der Waals surface area contributed by atoms with Crippen LogP contribution in [0.3, 0.4) is 0 Å². The Kier molecular flexibility index (Phi) is 3.79. The molecule has 0 fully saturated rings. The molecule has 0 saturated carbocycles. The molecule has 0 N–H and O–H groups in total. The van der Waals surface area contributed by atoms with Gasteiger partial charge in [0.2, 0.25) is 0 Å². The highest BCUT2D eigenvalue weighted by molar-refractivity contribution is 5.92. The summed E-state index contributed by atoms with van der Waals surface area (Å²) >= 11 is 0. The number of carbonyl (C=O) groups is 1. The molecule has 0 aliphatic carbocycles. The van der Waals surface area contributed by atoms with Crippen molar-refractivity contribution >= 4 is 11.7 Å². The van der Waals surface area contributed by atoms with E-state index in [1.54, 1.807) is 23.1 Å². The minimum Gasteiger partial charge on any atom is -0.465 e. The van der Waals surface area contributed by atoms with Crippen LogP contribution >= 0.6 is 0 Å². The fourth-order valence-electron chi connectivity index (χ4n) is 1.80. The van der Waals surface area contributed by atoms with Crippen LogP contribution in [0.25, 0.3) is 11.1 Å². The average molecular weight is 275 g/mol. The Morgan fingerprint density at radius 3 is 2.70 bits per heavy atom. The third-order valence-corrected chi connectivity index (χ3v) is 2.84. The second-order valence-electron chi connectivity index (χ2n) is 4.10. The third-order valence-electron chi connectivity index (χ3n) is 2.84. The highest BCUT2D eigenvalue weighted by Crippen LogP contribution is 2.26. The Labute approximate surface area is 114 Å². The molecule has 7 nitrogen and oxygen atoms in total. The maximum atomic E-state index is 11.6. The van der Waals surface area contributed by atoms with Crippen LogP contribution in [0.4, 0.5) is 5.69 Å². The van der Waals surface area contributed by atoms with Gasteiger partial charge >= 0.3 is 5.97 Å². The number of carbonyl (C=O) groups excluding carboxylic acids is 1. The molecule has 0 aliphatic heterocycles. The van der Waals surface area contributed by atoms with E-state index in [1.165, 1.54) is 19.2 Å². The van der Waals surface area contributed by atoms with E-state index < -0.39 is 10.9 Å². The minimum absolute atomic E-state index is 0.140. The monoisotopic (exact) mass is 275 g/mol. The zero-order valence-corrected chi connectivity index (χ0v) is 11.1. The van der Waals surface area contributed by atoms with Gasteiger partial charge in [-0.2, -0.15) is 5.10 Å². The summed E-state index contributed by atoms with van der Waals surface area (Å²) < 4.78 is 6.31. The van der Waals surface area contributed by atoms with Gasteiger partial charge in [-0.15, -0.1) is 0 Å². The van der Waals surface area contributed by atoms with Crippen molar-refractivity contribution in [3.05, 3.63) is 46.3 Å². The van der Waals surface area contributed by atoms with Gasteiger partial charge in [-0.05, 0) is 18.6 Å². The molecule has 2 aromatic rings. The summed E-state index contributed by atoms with van der Waals surface area (Å²) in [5, 5.41) is 15.1. The average Bonchev–Trinajstić information content (AvgIpc) is 2.94. The molecule has 1 aromatic heterocycles. The van der Waals surface area contributed by atoms with E-state index in [9.17, 15) is 14.9 Å². The summed E-state index contributed by atoms with van der Waals surface area (Å²) in [7, 11) is 1.23. The molecule has 1 aromatic carbocycles. The molecular weight excluding hydrogens is 262 g/mol. The van der Waals surface area contributed by atoms with Crippen molar-refractivity contribution in [1.29, 1.82) is 0 Å². The molecule has 20 heavy (non-hydrogen) atoms. The number of aromatic nitrogens is 2. The number of benzene rings is 1. The summed E-state index contributed by atoms with van der Waals surface area (Å²) in [6, 6.07) is 4.15. The number of rotatable bonds is 4. The van der Waals surface area contributed by atoms with Crippen molar-refractivity contribution in [3.8, 4) is 11.1 Å². The quantitative estimate of drug-likeness (QED) is 0.485. The third kappa shape index (κ3) is 2.66. The van der Waals surface area contributed by atoms with E-state index in [-0.39, 0.29) is 11.3 Å². The van der Waals surface area contributed by atoms with Gasteiger partial charge in [0.25, 0.3) is 5.69 Å². The van der Waals surface area contributed by atoms with Crippen LogP contribution in [0, 0.1) is 10.1 Å². The van der Waals surface area contributed by atoms with E-state index in [0.29, 0.717) is 17.7 Å². The van der Waals surface area contributed by atoms with Crippen LogP contribution in [0.5, 0.6) is 0 Å². The van der Waals surface area contributed by atoms with Crippen molar-refractivity contribution < 1.29 is 14.5 Å². The van der Waals surface area contributed by atoms with E-state index in [2.05, 4.69) is 9.84 Å². The van der Waals surface area contributed by atoms with Gasteiger partial charge in [-0.25, -0.2) is 4.79 Å². The molecule has 7 heteroatoms. The van der Waals surface area contributed by atoms with E-state index in [4.69, 9.17) is 0 Å². The maximum absolute atomic E-state index is 11.6. The molecule has 0 radical (unpaired) electrons. The summed E-state index contributed by atoms with van der Waals surface area (Å²) in [4.78, 5) is 22.0.